The van der Waals surface area contributed by atoms with Gasteiger partial charge in [0.2, 0.25) is 0 Å². The first-order chi connectivity index (χ1) is 6.27. The molecule has 0 unspecified atom stereocenters. The lowest BCUT2D eigenvalue weighted by Crippen LogP contribution is -1.80. The van der Waals surface area contributed by atoms with E-state index in [9.17, 15) is 0 Å². The number of thiol groups is 1. The van der Waals surface area contributed by atoms with Crippen LogP contribution in [0.4, 0.5) is 0 Å². The van der Waals surface area contributed by atoms with Crippen LogP contribution >= 0.6 is 24.2 Å². The first-order valence-electron chi connectivity index (χ1n) is 3.57. The van der Waals surface area contributed by atoms with Gasteiger partial charge in [-0.1, -0.05) is 23.4 Å². The summed E-state index contributed by atoms with van der Waals surface area (Å²) in [6.07, 6.45) is 0. The lowest BCUT2D eigenvalue weighted by molar-refractivity contribution is 1.48. The maximum atomic E-state index is 8.67. The zero-order chi connectivity index (χ0) is 9.68. The molecule has 0 radical (unpaired) electrons. The lowest BCUT2D eigenvalue weighted by atomic mass is 10.1. The Kier molecular flexibility index (Phi) is 3.71. The standard InChI is InChI=1S/C10H6ClNS/c11-10-4-3-8(2-1-5-13)6-9(10)7-12/h3-4,6,13H,5H2. The second-order valence-electron chi connectivity index (χ2n) is 2.27. The molecular formula is C10H6ClNS. The van der Waals surface area contributed by atoms with Crippen LogP contribution in [0.25, 0.3) is 0 Å². The minimum absolute atomic E-state index is 0.452. The highest BCUT2D eigenvalue weighted by molar-refractivity contribution is 7.80. The van der Waals surface area contributed by atoms with Gasteiger partial charge in [-0.3, -0.25) is 0 Å². The van der Waals surface area contributed by atoms with E-state index in [1.54, 1.807) is 18.2 Å². The molecule has 0 fully saturated rings. The van der Waals surface area contributed by atoms with Crippen molar-refractivity contribution in [3.05, 3.63) is 34.3 Å². The number of benzene rings is 1. The Morgan fingerprint density at radius 1 is 1.46 bits per heavy atom. The molecule has 1 nitrogen and oxygen atoms in total. The topological polar surface area (TPSA) is 23.8 Å². The van der Waals surface area contributed by atoms with E-state index in [0.717, 1.165) is 5.56 Å². The van der Waals surface area contributed by atoms with E-state index in [4.69, 9.17) is 16.9 Å². The Hall–Kier alpha value is -1.09. The van der Waals surface area contributed by atoms with E-state index in [-0.39, 0.29) is 0 Å². The van der Waals surface area contributed by atoms with Gasteiger partial charge in [-0.2, -0.15) is 17.9 Å². The minimum atomic E-state index is 0.452. The van der Waals surface area contributed by atoms with Crippen LogP contribution in [0.3, 0.4) is 0 Å². The van der Waals surface area contributed by atoms with Gasteiger partial charge in [0, 0.05) is 5.56 Å². The fourth-order valence-electron chi connectivity index (χ4n) is 0.830. The minimum Gasteiger partial charge on any atom is -0.192 e. The predicted octanol–water partition coefficient (Wildman–Crippen LogP) is 2.49. The summed E-state index contributed by atoms with van der Waals surface area (Å²) in [5, 5.41) is 9.13. The van der Waals surface area contributed by atoms with Gasteiger partial charge in [0.15, 0.2) is 0 Å². The van der Waals surface area contributed by atoms with Crippen LogP contribution in [0, 0.1) is 23.2 Å². The number of nitriles is 1. The van der Waals surface area contributed by atoms with Crippen LogP contribution in [-0.2, 0) is 0 Å². The highest BCUT2D eigenvalue weighted by atomic mass is 35.5. The van der Waals surface area contributed by atoms with E-state index >= 15 is 0 Å². The average molecular weight is 208 g/mol. The summed E-state index contributed by atoms with van der Waals surface area (Å²) in [6, 6.07) is 7.11. The smallest absolute Gasteiger partial charge is 0.101 e. The highest BCUT2D eigenvalue weighted by Crippen LogP contribution is 2.15. The Labute approximate surface area is 87.7 Å². The van der Waals surface area contributed by atoms with Crippen LogP contribution < -0.4 is 0 Å². The Bertz CT molecular complexity index is 409. The largest absolute Gasteiger partial charge is 0.192 e. The van der Waals surface area contributed by atoms with Gasteiger partial charge in [0.25, 0.3) is 0 Å². The third-order valence-electron chi connectivity index (χ3n) is 1.40. The third-order valence-corrected chi connectivity index (χ3v) is 1.89. The SMILES string of the molecule is N#Cc1cc(C#CCS)ccc1Cl. The Balaban J connectivity index is 3.08. The Morgan fingerprint density at radius 2 is 2.23 bits per heavy atom. The molecule has 0 saturated carbocycles. The summed E-state index contributed by atoms with van der Waals surface area (Å²) >= 11 is 9.70. The zero-order valence-corrected chi connectivity index (χ0v) is 8.36. The van der Waals surface area contributed by atoms with Crippen LogP contribution in [-0.4, -0.2) is 5.75 Å². The number of hydrogen-bond donors (Lipinski definition) is 1. The number of rotatable bonds is 0. The van der Waals surface area contributed by atoms with E-state index in [2.05, 4.69) is 24.5 Å². The Morgan fingerprint density at radius 3 is 2.85 bits per heavy atom. The predicted molar refractivity (Wildman–Crippen MR) is 56.9 cm³/mol. The number of hydrogen-bond acceptors (Lipinski definition) is 2. The molecule has 0 bridgehead atoms. The fraction of sp³-hybridized carbons (Fsp3) is 0.100. The van der Waals surface area contributed by atoms with Crippen LogP contribution in [0.2, 0.25) is 5.02 Å². The van der Waals surface area contributed by atoms with Crippen LogP contribution in [0.5, 0.6) is 0 Å². The first-order valence-corrected chi connectivity index (χ1v) is 4.58. The molecule has 13 heavy (non-hydrogen) atoms. The van der Waals surface area contributed by atoms with Crippen molar-refractivity contribution in [3.8, 4) is 17.9 Å². The molecule has 0 aromatic heterocycles. The molecule has 64 valence electrons. The molecule has 1 aromatic carbocycles. The zero-order valence-electron chi connectivity index (χ0n) is 6.71. The molecule has 3 heteroatoms. The number of halogens is 1. The summed E-state index contributed by atoms with van der Waals surface area (Å²) in [6.45, 7) is 0. The van der Waals surface area contributed by atoms with Crippen LogP contribution in [0.1, 0.15) is 11.1 Å². The quantitative estimate of drug-likeness (QED) is 0.513. The molecule has 0 aliphatic carbocycles. The van der Waals surface area contributed by atoms with E-state index in [0.29, 0.717) is 16.3 Å². The fourth-order valence-corrected chi connectivity index (χ4v) is 1.07. The first kappa shape index (κ1) is 9.99. The maximum absolute atomic E-state index is 8.67. The molecule has 0 aliphatic rings. The molecule has 1 rings (SSSR count). The summed E-state index contributed by atoms with van der Waals surface area (Å²) in [5.74, 6) is 6.16. The van der Waals surface area contributed by atoms with Crippen molar-refractivity contribution in [3.63, 3.8) is 0 Å². The molecule has 0 atom stereocenters. The second kappa shape index (κ2) is 4.82. The van der Waals surface area contributed by atoms with Crippen molar-refractivity contribution in [1.29, 1.82) is 5.26 Å². The van der Waals surface area contributed by atoms with Crippen molar-refractivity contribution in [2.24, 2.45) is 0 Å². The van der Waals surface area contributed by atoms with Crippen molar-refractivity contribution in [2.75, 3.05) is 5.75 Å². The summed E-state index contributed by atoms with van der Waals surface area (Å²) in [4.78, 5) is 0. The highest BCUT2D eigenvalue weighted by Gasteiger charge is 1.98. The molecule has 1 aromatic rings. The van der Waals surface area contributed by atoms with Crippen molar-refractivity contribution in [2.45, 2.75) is 0 Å². The molecule has 0 heterocycles. The summed E-state index contributed by atoms with van der Waals surface area (Å²) < 4.78 is 0. The van der Waals surface area contributed by atoms with Crippen molar-refractivity contribution < 1.29 is 0 Å². The van der Waals surface area contributed by atoms with Gasteiger partial charge in [0.05, 0.1) is 16.3 Å². The monoisotopic (exact) mass is 207 g/mol. The van der Waals surface area contributed by atoms with E-state index in [1.165, 1.54) is 0 Å². The molecule has 0 amide bonds. The molecule has 0 spiro atoms. The van der Waals surface area contributed by atoms with E-state index in [1.807, 2.05) is 6.07 Å². The maximum Gasteiger partial charge on any atom is 0.101 e. The van der Waals surface area contributed by atoms with Crippen molar-refractivity contribution in [1.82, 2.24) is 0 Å². The molecular weight excluding hydrogens is 202 g/mol. The summed E-state index contributed by atoms with van der Waals surface area (Å²) in [5.41, 5.74) is 1.24. The van der Waals surface area contributed by atoms with Gasteiger partial charge >= 0.3 is 0 Å². The van der Waals surface area contributed by atoms with Gasteiger partial charge in [0.1, 0.15) is 6.07 Å². The molecule has 0 aliphatic heterocycles. The summed E-state index contributed by atoms with van der Waals surface area (Å²) in [7, 11) is 0. The van der Waals surface area contributed by atoms with E-state index < -0.39 is 0 Å². The molecule has 0 saturated heterocycles. The normalized spacial score (nSPS) is 8.38. The van der Waals surface area contributed by atoms with Gasteiger partial charge in [-0.25, -0.2) is 0 Å². The second-order valence-corrected chi connectivity index (χ2v) is 2.99. The molecule has 0 N–H and O–H groups in total. The van der Waals surface area contributed by atoms with Gasteiger partial charge in [-0.15, -0.1) is 0 Å². The van der Waals surface area contributed by atoms with Crippen molar-refractivity contribution >= 4 is 24.2 Å². The third kappa shape index (κ3) is 2.70. The van der Waals surface area contributed by atoms with Crippen LogP contribution in [0.15, 0.2) is 18.2 Å². The number of nitrogens with zero attached hydrogens (tertiary/aromatic N) is 1. The lowest BCUT2D eigenvalue weighted by Gasteiger charge is -1.94. The van der Waals surface area contributed by atoms with Gasteiger partial charge < -0.3 is 0 Å². The average Bonchev–Trinajstić information content (AvgIpc) is 2.16. The van der Waals surface area contributed by atoms with Gasteiger partial charge in [-0.05, 0) is 18.2 Å².